The SMILES string of the molecule is O=C1O[C@]2(CCN(C(=O)C3(c4ccc(N5CCN(C(=O)O)CC5)nc4)CC3)C2)c2ccccc21. The molecule has 1 aromatic heterocycles. The third-order valence-electron chi connectivity index (χ3n) is 7.78. The molecule has 0 radical (unpaired) electrons. The Morgan fingerprint density at radius 2 is 1.71 bits per heavy atom. The number of nitrogens with zero attached hydrogens (tertiary/aromatic N) is 4. The highest BCUT2D eigenvalue weighted by Gasteiger charge is 2.57. The number of ether oxygens (including phenoxy) is 1. The number of aromatic nitrogens is 1. The second-order valence-electron chi connectivity index (χ2n) is 9.65. The average molecular weight is 463 g/mol. The highest BCUT2D eigenvalue weighted by Crippen LogP contribution is 2.52. The molecule has 1 aromatic carbocycles. The van der Waals surface area contributed by atoms with E-state index in [0.29, 0.717) is 51.3 Å². The lowest BCUT2D eigenvalue weighted by atomic mass is 9.91. The number of hydrogen-bond acceptors (Lipinski definition) is 6. The van der Waals surface area contributed by atoms with Gasteiger partial charge in [0, 0.05) is 50.9 Å². The molecule has 4 aliphatic rings. The first kappa shape index (κ1) is 20.9. The summed E-state index contributed by atoms with van der Waals surface area (Å²) in [6.45, 7) is 3.03. The fourth-order valence-electron chi connectivity index (χ4n) is 5.64. The van der Waals surface area contributed by atoms with Gasteiger partial charge in [-0.25, -0.2) is 14.6 Å². The molecule has 1 atom stereocenters. The second kappa shape index (κ2) is 7.44. The van der Waals surface area contributed by atoms with Crippen molar-refractivity contribution in [1.82, 2.24) is 14.8 Å². The first-order valence-electron chi connectivity index (χ1n) is 11.7. The first-order chi connectivity index (χ1) is 16.4. The Morgan fingerprint density at radius 3 is 2.38 bits per heavy atom. The molecule has 3 aliphatic heterocycles. The standard InChI is InChI=1S/C25H26N4O5/c30-21-18-3-1-2-4-19(18)25(34-21)9-10-29(16-25)22(31)24(7-8-24)17-5-6-20(26-15-17)27-11-13-28(14-12-27)23(32)33/h1-6,15H,7-14,16H2,(H,32,33)/t25-/m0/s1. The fraction of sp³-hybridized carbons (Fsp3) is 0.440. The van der Waals surface area contributed by atoms with E-state index in [9.17, 15) is 14.4 Å². The number of anilines is 1. The molecule has 34 heavy (non-hydrogen) atoms. The van der Waals surface area contributed by atoms with E-state index in [1.54, 1.807) is 12.3 Å². The molecule has 1 N–H and O–H groups in total. The van der Waals surface area contributed by atoms with Crippen LogP contribution in [-0.4, -0.2) is 77.1 Å². The summed E-state index contributed by atoms with van der Waals surface area (Å²) in [6.07, 6.45) is 3.07. The number of piperazine rings is 1. The monoisotopic (exact) mass is 462 g/mol. The van der Waals surface area contributed by atoms with Crippen molar-refractivity contribution in [2.45, 2.75) is 30.3 Å². The minimum absolute atomic E-state index is 0.0782. The molecule has 1 spiro atoms. The minimum Gasteiger partial charge on any atom is -0.465 e. The van der Waals surface area contributed by atoms with Crippen LogP contribution in [0, 0.1) is 0 Å². The van der Waals surface area contributed by atoms with E-state index in [0.717, 1.165) is 29.8 Å². The van der Waals surface area contributed by atoms with Crippen LogP contribution in [0.1, 0.15) is 40.7 Å². The van der Waals surface area contributed by atoms with Crippen LogP contribution >= 0.6 is 0 Å². The zero-order valence-corrected chi connectivity index (χ0v) is 18.8. The minimum atomic E-state index is -0.892. The van der Waals surface area contributed by atoms with Gasteiger partial charge in [-0.15, -0.1) is 0 Å². The van der Waals surface area contributed by atoms with Crippen molar-refractivity contribution in [2.75, 3.05) is 44.2 Å². The predicted octanol–water partition coefficient (Wildman–Crippen LogP) is 2.21. The van der Waals surface area contributed by atoms with E-state index in [-0.39, 0.29) is 11.9 Å². The zero-order chi connectivity index (χ0) is 23.5. The third-order valence-corrected chi connectivity index (χ3v) is 7.78. The van der Waals surface area contributed by atoms with Crippen molar-refractivity contribution < 1.29 is 24.2 Å². The number of hydrogen-bond donors (Lipinski definition) is 1. The summed E-state index contributed by atoms with van der Waals surface area (Å²) in [4.78, 5) is 47.1. The molecule has 2 saturated heterocycles. The van der Waals surface area contributed by atoms with Crippen LogP contribution in [-0.2, 0) is 20.5 Å². The maximum atomic E-state index is 13.6. The van der Waals surface area contributed by atoms with Gasteiger partial charge in [0.1, 0.15) is 5.82 Å². The largest absolute Gasteiger partial charge is 0.465 e. The molecule has 9 heteroatoms. The number of likely N-dealkylation sites (tertiary alicyclic amines) is 1. The van der Waals surface area contributed by atoms with Crippen molar-refractivity contribution >= 4 is 23.8 Å². The molecule has 176 valence electrons. The Hall–Kier alpha value is -3.62. The third kappa shape index (κ3) is 3.13. The van der Waals surface area contributed by atoms with Crippen molar-refractivity contribution in [3.05, 3.63) is 59.3 Å². The molecule has 4 heterocycles. The van der Waals surface area contributed by atoms with Gasteiger partial charge in [0.15, 0.2) is 5.60 Å². The van der Waals surface area contributed by atoms with Crippen LogP contribution in [0.5, 0.6) is 0 Å². The summed E-state index contributed by atoms with van der Waals surface area (Å²) in [5.74, 6) is 0.566. The Kier molecular flexibility index (Phi) is 4.59. The molecule has 6 rings (SSSR count). The lowest BCUT2D eigenvalue weighted by Crippen LogP contribution is -2.48. The van der Waals surface area contributed by atoms with Crippen molar-refractivity contribution in [3.8, 4) is 0 Å². The van der Waals surface area contributed by atoms with Gasteiger partial charge in [0.2, 0.25) is 5.91 Å². The molecular weight excluding hydrogens is 436 g/mol. The lowest BCUT2D eigenvalue weighted by Gasteiger charge is -2.34. The van der Waals surface area contributed by atoms with Gasteiger partial charge in [-0.2, -0.15) is 0 Å². The van der Waals surface area contributed by atoms with E-state index in [2.05, 4.69) is 9.88 Å². The van der Waals surface area contributed by atoms with Gasteiger partial charge >= 0.3 is 12.1 Å². The van der Waals surface area contributed by atoms with E-state index < -0.39 is 17.1 Å². The number of rotatable bonds is 3. The number of carboxylic acid groups (broad SMARTS) is 1. The highest BCUT2D eigenvalue weighted by molar-refractivity contribution is 5.96. The number of pyridine rings is 1. The summed E-state index contributed by atoms with van der Waals surface area (Å²) >= 11 is 0. The maximum absolute atomic E-state index is 13.6. The van der Waals surface area contributed by atoms with Crippen LogP contribution in [0.15, 0.2) is 42.6 Å². The Morgan fingerprint density at radius 1 is 0.941 bits per heavy atom. The predicted molar refractivity (Wildman–Crippen MR) is 122 cm³/mol. The first-order valence-corrected chi connectivity index (χ1v) is 11.7. The molecule has 2 amide bonds. The van der Waals surface area contributed by atoms with E-state index in [4.69, 9.17) is 9.84 Å². The van der Waals surface area contributed by atoms with E-state index in [1.807, 2.05) is 35.2 Å². The number of esters is 1. The molecule has 1 saturated carbocycles. The molecule has 0 unspecified atom stereocenters. The summed E-state index contributed by atoms with van der Waals surface area (Å²) in [5.41, 5.74) is 1.10. The van der Waals surface area contributed by atoms with Crippen LogP contribution < -0.4 is 4.90 Å². The highest BCUT2D eigenvalue weighted by atomic mass is 16.6. The van der Waals surface area contributed by atoms with Crippen molar-refractivity contribution in [2.24, 2.45) is 0 Å². The smallest absolute Gasteiger partial charge is 0.407 e. The summed E-state index contributed by atoms with van der Waals surface area (Å²) < 4.78 is 5.81. The number of fused-ring (bicyclic) bond motifs is 2. The molecule has 2 aromatic rings. The number of carbonyl (C=O) groups is 3. The van der Waals surface area contributed by atoms with Crippen LogP contribution in [0.3, 0.4) is 0 Å². The fourth-order valence-corrected chi connectivity index (χ4v) is 5.64. The van der Waals surface area contributed by atoms with E-state index >= 15 is 0 Å². The molecule has 3 fully saturated rings. The van der Waals surface area contributed by atoms with Gasteiger partial charge < -0.3 is 24.5 Å². The second-order valence-corrected chi connectivity index (χ2v) is 9.65. The molecule has 1 aliphatic carbocycles. The average Bonchev–Trinajstić information content (AvgIpc) is 3.50. The van der Waals surface area contributed by atoms with Crippen molar-refractivity contribution in [1.29, 1.82) is 0 Å². The number of carbonyl (C=O) groups excluding carboxylic acids is 2. The van der Waals surface area contributed by atoms with E-state index in [1.165, 1.54) is 4.90 Å². The maximum Gasteiger partial charge on any atom is 0.407 e. The molecular formula is C25H26N4O5. The molecule has 9 nitrogen and oxygen atoms in total. The number of benzene rings is 1. The quantitative estimate of drug-likeness (QED) is 0.698. The van der Waals surface area contributed by atoms with Crippen molar-refractivity contribution in [3.63, 3.8) is 0 Å². The topological polar surface area (TPSA) is 103 Å². The number of amides is 2. The summed E-state index contributed by atoms with van der Waals surface area (Å²) in [7, 11) is 0. The van der Waals surface area contributed by atoms with Gasteiger partial charge in [-0.3, -0.25) is 4.79 Å². The Bertz CT molecular complexity index is 1170. The van der Waals surface area contributed by atoms with Gasteiger partial charge in [-0.1, -0.05) is 24.3 Å². The zero-order valence-electron chi connectivity index (χ0n) is 18.8. The van der Waals surface area contributed by atoms with Gasteiger partial charge in [0.05, 0.1) is 17.5 Å². The summed E-state index contributed by atoms with van der Waals surface area (Å²) in [5, 5.41) is 9.13. The Balaban J connectivity index is 1.16. The molecule has 0 bridgehead atoms. The summed E-state index contributed by atoms with van der Waals surface area (Å²) in [6, 6.07) is 11.4. The normalized spacial score (nSPS) is 24.8. The van der Waals surface area contributed by atoms with Crippen LogP contribution in [0.4, 0.5) is 10.6 Å². The van der Waals surface area contributed by atoms with Gasteiger partial charge in [0.25, 0.3) is 0 Å². The lowest BCUT2D eigenvalue weighted by molar-refractivity contribution is -0.134. The van der Waals surface area contributed by atoms with Gasteiger partial charge in [-0.05, 0) is 30.5 Å². The van der Waals surface area contributed by atoms with Crippen LogP contribution in [0.25, 0.3) is 0 Å². The Labute approximate surface area is 196 Å². The van der Waals surface area contributed by atoms with Crippen LogP contribution in [0.2, 0.25) is 0 Å².